The second-order valence-electron chi connectivity index (χ2n) is 8.90. The summed E-state index contributed by atoms with van der Waals surface area (Å²) in [7, 11) is 0. The molecular formula is C25H27NO3. The lowest BCUT2D eigenvalue weighted by molar-refractivity contribution is -0.121. The molecule has 0 bridgehead atoms. The average molecular weight is 389 g/mol. The molecular weight excluding hydrogens is 362 g/mol. The Kier molecular flexibility index (Phi) is 4.81. The van der Waals surface area contributed by atoms with Crippen LogP contribution in [0, 0.1) is 5.41 Å². The molecule has 2 aromatic rings. The molecule has 1 aliphatic carbocycles. The zero-order valence-electron chi connectivity index (χ0n) is 17.2. The van der Waals surface area contributed by atoms with Crippen LogP contribution in [-0.2, 0) is 16.0 Å². The Morgan fingerprint density at radius 1 is 1.00 bits per heavy atom. The van der Waals surface area contributed by atoms with Gasteiger partial charge >= 0.3 is 0 Å². The van der Waals surface area contributed by atoms with Crippen molar-refractivity contribution in [3.63, 3.8) is 0 Å². The summed E-state index contributed by atoms with van der Waals surface area (Å²) in [4.78, 5) is 28.3. The minimum atomic E-state index is -0.257. The predicted octanol–water partition coefficient (Wildman–Crippen LogP) is 5.12. The van der Waals surface area contributed by atoms with Gasteiger partial charge in [0.25, 0.3) is 0 Å². The molecule has 1 atom stereocenters. The summed E-state index contributed by atoms with van der Waals surface area (Å²) in [6.07, 6.45) is 2.36. The number of rotatable bonds is 3. The summed E-state index contributed by atoms with van der Waals surface area (Å²) in [5, 5.41) is 9.64. The van der Waals surface area contributed by atoms with E-state index in [-0.39, 0.29) is 35.2 Å². The van der Waals surface area contributed by atoms with Crippen molar-refractivity contribution < 1.29 is 14.7 Å². The number of hydrogen-bond acceptors (Lipinski definition) is 3. The van der Waals surface area contributed by atoms with Gasteiger partial charge in [-0.25, -0.2) is 0 Å². The molecule has 1 N–H and O–H groups in total. The topological polar surface area (TPSA) is 57.6 Å². The molecule has 0 saturated heterocycles. The van der Waals surface area contributed by atoms with Crippen molar-refractivity contribution >= 4 is 17.4 Å². The van der Waals surface area contributed by atoms with Crippen molar-refractivity contribution in [1.29, 1.82) is 0 Å². The summed E-state index contributed by atoms with van der Waals surface area (Å²) in [5.74, 6) is 0.0558. The molecule has 1 unspecified atom stereocenters. The highest BCUT2D eigenvalue weighted by molar-refractivity contribution is 6.07. The normalized spacial score (nSPS) is 21.3. The fraction of sp³-hybridized carbons (Fsp3) is 0.360. The number of Topliss-reactive ketones (excluding diaryl/α,β-unsaturated/α-hetero) is 1. The second kappa shape index (κ2) is 7.18. The quantitative estimate of drug-likeness (QED) is 0.793. The zero-order valence-corrected chi connectivity index (χ0v) is 17.2. The van der Waals surface area contributed by atoms with Crippen molar-refractivity contribution in [3.8, 4) is 5.75 Å². The molecule has 0 radical (unpaired) electrons. The van der Waals surface area contributed by atoms with Crippen molar-refractivity contribution in [2.24, 2.45) is 5.41 Å². The van der Waals surface area contributed by atoms with E-state index in [9.17, 15) is 14.7 Å². The third-order valence-corrected chi connectivity index (χ3v) is 6.04. The third kappa shape index (κ3) is 3.59. The van der Waals surface area contributed by atoms with Gasteiger partial charge in [0, 0.05) is 35.7 Å². The number of aromatic hydroxyl groups is 1. The number of amides is 1. The van der Waals surface area contributed by atoms with Crippen LogP contribution in [0.1, 0.15) is 57.1 Å². The summed E-state index contributed by atoms with van der Waals surface area (Å²) < 4.78 is 0. The lowest BCUT2D eigenvalue weighted by Gasteiger charge is -2.43. The number of phenolic OH excluding ortho intramolecular Hbond substituents is 1. The molecule has 2 aliphatic rings. The van der Waals surface area contributed by atoms with E-state index in [0.29, 0.717) is 12.8 Å². The van der Waals surface area contributed by atoms with Gasteiger partial charge in [0.05, 0.1) is 0 Å². The van der Waals surface area contributed by atoms with E-state index in [1.54, 1.807) is 17.0 Å². The van der Waals surface area contributed by atoms with Gasteiger partial charge in [-0.1, -0.05) is 45.0 Å². The van der Waals surface area contributed by atoms with Gasteiger partial charge in [0.2, 0.25) is 5.91 Å². The Morgan fingerprint density at radius 2 is 1.66 bits per heavy atom. The Labute approximate surface area is 171 Å². The first-order chi connectivity index (χ1) is 13.8. The van der Waals surface area contributed by atoms with Crippen LogP contribution in [0.15, 0.2) is 59.8 Å². The maximum atomic E-state index is 13.3. The number of aryl methyl sites for hydroxylation is 1. The van der Waals surface area contributed by atoms with Crippen LogP contribution >= 0.6 is 0 Å². The van der Waals surface area contributed by atoms with E-state index in [0.717, 1.165) is 28.9 Å². The van der Waals surface area contributed by atoms with Gasteiger partial charge in [-0.15, -0.1) is 0 Å². The molecule has 4 nitrogen and oxygen atoms in total. The van der Waals surface area contributed by atoms with Crippen molar-refractivity contribution in [2.75, 3.05) is 4.90 Å². The van der Waals surface area contributed by atoms with Gasteiger partial charge in [-0.3, -0.25) is 14.5 Å². The van der Waals surface area contributed by atoms with E-state index in [4.69, 9.17) is 0 Å². The molecule has 1 amide bonds. The number of phenols is 1. The number of hydrogen-bond donors (Lipinski definition) is 1. The number of ketones is 1. The Morgan fingerprint density at radius 3 is 2.28 bits per heavy atom. The molecule has 1 aliphatic heterocycles. The molecule has 0 aromatic heterocycles. The van der Waals surface area contributed by atoms with Crippen LogP contribution in [0.25, 0.3) is 0 Å². The van der Waals surface area contributed by atoms with Gasteiger partial charge < -0.3 is 5.11 Å². The SMILES string of the molecule is CCc1ccc(N2C(=O)CC(c3ccc(O)cc3)C3=C2CC(C)(C)CC3=O)cc1. The van der Waals surface area contributed by atoms with Crippen LogP contribution in [0.3, 0.4) is 0 Å². The fourth-order valence-corrected chi connectivity index (χ4v) is 4.59. The van der Waals surface area contributed by atoms with E-state index in [1.165, 1.54) is 5.56 Å². The average Bonchev–Trinajstić information content (AvgIpc) is 2.67. The van der Waals surface area contributed by atoms with E-state index >= 15 is 0 Å². The summed E-state index contributed by atoms with van der Waals surface area (Å²) in [6.45, 7) is 6.27. The summed E-state index contributed by atoms with van der Waals surface area (Å²) in [6, 6.07) is 14.9. The Bertz CT molecular complexity index is 984. The van der Waals surface area contributed by atoms with Crippen LogP contribution in [0.5, 0.6) is 5.75 Å². The van der Waals surface area contributed by atoms with Gasteiger partial charge in [-0.05, 0) is 53.6 Å². The van der Waals surface area contributed by atoms with Crippen LogP contribution < -0.4 is 4.90 Å². The van der Waals surface area contributed by atoms with Crippen molar-refractivity contribution in [2.45, 2.75) is 52.4 Å². The smallest absolute Gasteiger partial charge is 0.232 e. The summed E-state index contributed by atoms with van der Waals surface area (Å²) in [5.41, 5.74) is 4.36. The number of allylic oxidation sites excluding steroid dienone is 2. The molecule has 150 valence electrons. The monoisotopic (exact) mass is 389 g/mol. The fourth-order valence-electron chi connectivity index (χ4n) is 4.59. The second-order valence-corrected chi connectivity index (χ2v) is 8.90. The van der Waals surface area contributed by atoms with Crippen LogP contribution in [0.4, 0.5) is 5.69 Å². The van der Waals surface area contributed by atoms with Crippen molar-refractivity contribution in [1.82, 2.24) is 0 Å². The highest BCUT2D eigenvalue weighted by Gasteiger charge is 2.44. The molecule has 1 heterocycles. The minimum Gasteiger partial charge on any atom is -0.508 e. The number of carbonyl (C=O) groups is 2. The number of nitrogens with zero attached hydrogens (tertiary/aromatic N) is 1. The first-order valence-corrected chi connectivity index (χ1v) is 10.3. The van der Waals surface area contributed by atoms with E-state index < -0.39 is 0 Å². The Hall–Kier alpha value is -2.88. The first-order valence-electron chi connectivity index (χ1n) is 10.3. The standard InChI is InChI=1S/C25H27NO3/c1-4-16-5-9-18(10-6-16)26-21-14-25(2,3)15-22(28)24(21)20(13-23(26)29)17-7-11-19(27)12-8-17/h5-12,20,27H,4,13-15H2,1-3H3. The number of anilines is 1. The maximum absolute atomic E-state index is 13.3. The van der Waals surface area contributed by atoms with Gasteiger partial charge in [0.15, 0.2) is 5.78 Å². The van der Waals surface area contributed by atoms with Crippen LogP contribution in [0.2, 0.25) is 0 Å². The predicted molar refractivity (Wildman–Crippen MR) is 114 cm³/mol. The molecule has 4 rings (SSSR count). The third-order valence-electron chi connectivity index (χ3n) is 6.04. The molecule has 4 heteroatoms. The zero-order chi connectivity index (χ0) is 20.8. The van der Waals surface area contributed by atoms with Gasteiger partial charge in [-0.2, -0.15) is 0 Å². The lowest BCUT2D eigenvalue weighted by Crippen LogP contribution is -2.43. The van der Waals surface area contributed by atoms with Crippen LogP contribution in [-0.4, -0.2) is 16.8 Å². The highest BCUT2D eigenvalue weighted by atomic mass is 16.3. The maximum Gasteiger partial charge on any atom is 0.232 e. The van der Waals surface area contributed by atoms with Gasteiger partial charge in [0.1, 0.15) is 5.75 Å². The van der Waals surface area contributed by atoms with E-state index in [2.05, 4.69) is 20.8 Å². The largest absolute Gasteiger partial charge is 0.508 e. The van der Waals surface area contributed by atoms with Crippen molar-refractivity contribution in [3.05, 3.63) is 70.9 Å². The minimum absolute atomic E-state index is 0.0107. The number of benzene rings is 2. The molecule has 0 spiro atoms. The Balaban J connectivity index is 1.86. The molecule has 0 fully saturated rings. The lowest BCUT2D eigenvalue weighted by atomic mass is 9.69. The highest BCUT2D eigenvalue weighted by Crippen LogP contribution is 2.48. The molecule has 0 saturated carbocycles. The summed E-state index contributed by atoms with van der Waals surface area (Å²) >= 11 is 0. The molecule has 2 aromatic carbocycles. The number of carbonyl (C=O) groups excluding carboxylic acids is 2. The van der Waals surface area contributed by atoms with E-state index in [1.807, 2.05) is 36.4 Å². The first kappa shape index (κ1) is 19.4. The molecule has 29 heavy (non-hydrogen) atoms.